The zero-order chi connectivity index (χ0) is 37.9. The first-order chi connectivity index (χ1) is 24.4. The van der Waals surface area contributed by atoms with Gasteiger partial charge in [0.05, 0.1) is 24.6 Å². The van der Waals surface area contributed by atoms with Crippen LogP contribution in [-0.2, 0) is 19.2 Å². The highest BCUT2D eigenvalue weighted by Gasteiger charge is 2.77. The van der Waals surface area contributed by atoms with E-state index >= 15 is 8.78 Å². The van der Waals surface area contributed by atoms with Crippen LogP contribution in [-0.4, -0.2) is 62.8 Å². The Hall–Kier alpha value is -4.03. The predicted molar refractivity (Wildman–Crippen MR) is 178 cm³/mol. The molecular weight excluding hydrogens is 809 g/mol. The maximum Gasteiger partial charge on any atom is 0.488 e. The summed E-state index contributed by atoms with van der Waals surface area (Å²) in [6.07, 6.45) is 0.547. The number of methoxy groups -OCH3 is 1. The van der Waals surface area contributed by atoms with E-state index in [-0.39, 0.29) is 43.8 Å². The van der Waals surface area contributed by atoms with Gasteiger partial charge < -0.3 is 19.9 Å². The van der Waals surface area contributed by atoms with Crippen molar-refractivity contribution >= 4 is 86.7 Å². The standard InChI is InChI=1S/C33H21BBrCl2F5N2O8/c1-52-18-9-12(35)8-16(27(18)45)20-14-5-6-15-19(29(47)43(28(15)46)13-4-2-3-11(7-13)34(50)51)17(14)10-32(36)30(48)44(31(49)33(20,32)37)26-24(41)22(39)21(38)23(40)25(26)42/h2-5,7-9,15,17,19-20,45,50-51H,6,10H2,1H3. The van der Waals surface area contributed by atoms with Crippen LogP contribution >= 0.6 is 39.1 Å². The lowest BCUT2D eigenvalue weighted by molar-refractivity contribution is -0.125. The molecule has 0 spiro atoms. The number of halogens is 8. The van der Waals surface area contributed by atoms with Gasteiger partial charge in [-0.15, -0.1) is 23.2 Å². The van der Waals surface area contributed by atoms with E-state index in [1.807, 2.05) is 0 Å². The number of carbonyl (C=O) groups excluding carboxylic acids is 4. The fourth-order valence-electron chi connectivity index (χ4n) is 7.96. The molecule has 4 aliphatic rings. The van der Waals surface area contributed by atoms with Crippen molar-refractivity contribution in [1.29, 1.82) is 0 Å². The van der Waals surface area contributed by atoms with E-state index in [0.717, 1.165) is 4.90 Å². The number of rotatable bonds is 5. The highest BCUT2D eigenvalue weighted by Crippen LogP contribution is 2.67. The minimum Gasteiger partial charge on any atom is -0.504 e. The van der Waals surface area contributed by atoms with E-state index in [1.165, 1.54) is 49.6 Å². The number of ether oxygens (including phenoxy) is 1. The first-order valence-electron chi connectivity index (χ1n) is 15.3. The number of phenols is 1. The van der Waals surface area contributed by atoms with Crippen molar-refractivity contribution < 1.29 is 61.0 Å². The van der Waals surface area contributed by atoms with Gasteiger partial charge in [-0.2, -0.15) is 0 Å². The number of allylic oxidation sites excluding steroid dienone is 2. The molecule has 6 atom stereocenters. The molecule has 0 bridgehead atoms. The molecule has 2 saturated heterocycles. The molecule has 2 heterocycles. The number of alkyl halides is 2. The second kappa shape index (κ2) is 12.3. The molecule has 3 aromatic rings. The molecule has 52 heavy (non-hydrogen) atoms. The van der Waals surface area contributed by atoms with Crippen molar-refractivity contribution in [2.75, 3.05) is 16.9 Å². The summed E-state index contributed by atoms with van der Waals surface area (Å²) in [6.45, 7) is 0. The number of hydrogen-bond donors (Lipinski definition) is 3. The molecule has 10 nitrogen and oxygen atoms in total. The Morgan fingerprint density at radius 3 is 2.13 bits per heavy atom. The molecule has 0 radical (unpaired) electrons. The number of aromatic hydroxyl groups is 1. The lowest BCUT2D eigenvalue weighted by atomic mass is 9.56. The highest BCUT2D eigenvalue weighted by atomic mass is 79.9. The third-order valence-corrected chi connectivity index (χ3v) is 12.1. The number of imide groups is 2. The summed E-state index contributed by atoms with van der Waals surface area (Å²) < 4.78 is 79.0. The molecule has 3 aromatic carbocycles. The molecule has 0 aromatic heterocycles. The average molecular weight is 830 g/mol. The van der Waals surface area contributed by atoms with Gasteiger partial charge in [0.15, 0.2) is 44.5 Å². The molecular formula is C33H21BBrCl2F5N2O8. The molecule has 270 valence electrons. The predicted octanol–water partition coefficient (Wildman–Crippen LogP) is 4.31. The SMILES string of the molecule is COc1cc(Br)cc(C2C3=CCC4C(=O)N(c5cccc(B(O)O)c5)C(=O)C4C3CC3(Cl)C(=O)N(c4c(F)c(F)c(F)c(F)c4F)C(=O)C23Cl)c1O. The summed E-state index contributed by atoms with van der Waals surface area (Å²) in [5.41, 5.74) is -2.13. The Bertz CT molecular complexity index is 2170. The van der Waals surface area contributed by atoms with Crippen molar-refractivity contribution in [2.24, 2.45) is 17.8 Å². The quantitative estimate of drug-likeness (QED) is 0.0658. The van der Waals surface area contributed by atoms with E-state index in [1.54, 1.807) is 0 Å². The van der Waals surface area contributed by atoms with Crippen molar-refractivity contribution in [3.05, 3.63) is 87.2 Å². The fraction of sp³-hybridized carbons (Fsp3) is 0.273. The normalized spacial score (nSPS) is 28.2. The van der Waals surface area contributed by atoms with Gasteiger partial charge in [-0.3, -0.25) is 24.1 Å². The van der Waals surface area contributed by atoms with E-state index in [4.69, 9.17) is 27.9 Å². The Morgan fingerprint density at radius 2 is 1.52 bits per heavy atom. The molecule has 2 aliphatic heterocycles. The van der Waals surface area contributed by atoms with Gasteiger partial charge in [-0.1, -0.05) is 39.7 Å². The number of anilines is 2. The van der Waals surface area contributed by atoms with E-state index in [9.17, 15) is 47.5 Å². The molecule has 4 amide bonds. The molecule has 19 heteroatoms. The number of hydrogen-bond acceptors (Lipinski definition) is 8. The van der Waals surface area contributed by atoms with Gasteiger partial charge in [0, 0.05) is 16.0 Å². The molecule has 6 unspecified atom stereocenters. The monoisotopic (exact) mass is 828 g/mol. The lowest BCUT2D eigenvalue weighted by Gasteiger charge is -2.50. The molecule has 3 fully saturated rings. The topological polar surface area (TPSA) is 145 Å². The Morgan fingerprint density at radius 1 is 0.885 bits per heavy atom. The summed E-state index contributed by atoms with van der Waals surface area (Å²) in [7, 11) is -0.754. The number of nitrogens with zero attached hydrogens (tertiary/aromatic N) is 2. The number of phenolic OH excluding ortho intramolecular Hbond substituents is 1. The van der Waals surface area contributed by atoms with Gasteiger partial charge in [-0.05, 0) is 48.5 Å². The summed E-state index contributed by atoms with van der Waals surface area (Å²) in [5.74, 6) is -23.7. The van der Waals surface area contributed by atoms with Gasteiger partial charge in [0.2, 0.25) is 17.6 Å². The van der Waals surface area contributed by atoms with Crippen LogP contribution in [0.4, 0.5) is 33.3 Å². The molecule has 1 saturated carbocycles. The Labute approximate surface area is 308 Å². The van der Waals surface area contributed by atoms with Gasteiger partial charge >= 0.3 is 7.12 Å². The first kappa shape index (κ1) is 36.3. The van der Waals surface area contributed by atoms with Crippen LogP contribution < -0.4 is 20.0 Å². The summed E-state index contributed by atoms with van der Waals surface area (Å²) >= 11 is 17.5. The largest absolute Gasteiger partial charge is 0.504 e. The number of fused-ring (bicyclic) bond motifs is 4. The van der Waals surface area contributed by atoms with Crippen LogP contribution in [0.3, 0.4) is 0 Å². The summed E-state index contributed by atoms with van der Waals surface area (Å²) in [6, 6.07) is 7.90. The molecule has 3 N–H and O–H groups in total. The summed E-state index contributed by atoms with van der Waals surface area (Å²) in [4.78, 5) is 51.8. The molecule has 2 aliphatic carbocycles. The van der Waals surface area contributed by atoms with Crippen LogP contribution in [0.25, 0.3) is 0 Å². The summed E-state index contributed by atoms with van der Waals surface area (Å²) in [5, 5.41) is 30.8. The number of benzene rings is 3. The Balaban J connectivity index is 1.45. The van der Waals surface area contributed by atoms with Gasteiger partial charge in [0.1, 0.15) is 5.69 Å². The zero-order valence-corrected chi connectivity index (χ0v) is 29.2. The van der Waals surface area contributed by atoms with E-state index < -0.39 is 111 Å². The maximum atomic E-state index is 15.3. The minimum absolute atomic E-state index is 0.0184. The second-order valence-corrected chi connectivity index (χ2v) is 14.9. The van der Waals surface area contributed by atoms with Crippen molar-refractivity contribution in [3.63, 3.8) is 0 Å². The van der Waals surface area contributed by atoms with Crippen LogP contribution in [0, 0.1) is 46.8 Å². The molecule has 7 rings (SSSR count). The van der Waals surface area contributed by atoms with Crippen LogP contribution in [0.5, 0.6) is 11.5 Å². The van der Waals surface area contributed by atoms with Crippen LogP contribution in [0.2, 0.25) is 0 Å². The number of carbonyl (C=O) groups is 4. The highest BCUT2D eigenvalue weighted by molar-refractivity contribution is 9.10. The zero-order valence-electron chi connectivity index (χ0n) is 26.1. The second-order valence-electron chi connectivity index (χ2n) is 12.7. The maximum absolute atomic E-state index is 15.3. The Kier molecular flexibility index (Phi) is 8.57. The van der Waals surface area contributed by atoms with Gasteiger partial charge in [-0.25, -0.2) is 26.9 Å². The van der Waals surface area contributed by atoms with E-state index in [2.05, 4.69) is 15.9 Å². The third kappa shape index (κ3) is 4.68. The lowest BCUT2D eigenvalue weighted by Crippen LogP contribution is -2.60. The van der Waals surface area contributed by atoms with Crippen LogP contribution in [0.15, 0.2) is 52.5 Å². The first-order valence-corrected chi connectivity index (χ1v) is 16.9. The fourth-order valence-corrected chi connectivity index (χ4v) is 9.34. The van der Waals surface area contributed by atoms with Crippen LogP contribution in [0.1, 0.15) is 24.3 Å². The van der Waals surface area contributed by atoms with E-state index in [0.29, 0.717) is 0 Å². The third-order valence-electron chi connectivity index (χ3n) is 10.2. The minimum atomic E-state index is -2.86. The number of amides is 4. The van der Waals surface area contributed by atoms with Gasteiger partial charge in [0.25, 0.3) is 11.8 Å². The van der Waals surface area contributed by atoms with Crippen molar-refractivity contribution in [3.8, 4) is 11.5 Å². The smallest absolute Gasteiger partial charge is 0.488 e. The van der Waals surface area contributed by atoms with Crippen molar-refractivity contribution in [2.45, 2.75) is 28.5 Å². The average Bonchev–Trinajstić information content (AvgIpc) is 3.45. The van der Waals surface area contributed by atoms with Crippen molar-refractivity contribution in [1.82, 2.24) is 0 Å².